The van der Waals surface area contributed by atoms with Gasteiger partial charge in [0.25, 0.3) is 0 Å². The second-order valence-corrected chi connectivity index (χ2v) is 10.8. The van der Waals surface area contributed by atoms with Gasteiger partial charge in [-0.1, -0.05) is 18.2 Å². The molecule has 1 saturated heterocycles. The third kappa shape index (κ3) is 4.63. The SMILES string of the molecule is Cc1ccccc1NC(=O)CN1C(=O)CCSc2ccc(S(=O)(=O)N3CCCC3)cc21. The van der Waals surface area contributed by atoms with Crippen LogP contribution in [-0.4, -0.2) is 49.9 Å². The van der Waals surface area contributed by atoms with Gasteiger partial charge in [-0.25, -0.2) is 8.42 Å². The molecule has 2 aromatic rings. The van der Waals surface area contributed by atoms with Crippen LogP contribution < -0.4 is 10.2 Å². The van der Waals surface area contributed by atoms with Gasteiger partial charge in [0.15, 0.2) is 0 Å². The molecule has 1 fully saturated rings. The molecule has 2 aliphatic heterocycles. The summed E-state index contributed by atoms with van der Waals surface area (Å²) in [5, 5.41) is 2.85. The number of anilines is 2. The van der Waals surface area contributed by atoms with E-state index in [0.29, 0.717) is 30.2 Å². The average Bonchev–Trinajstić information content (AvgIpc) is 3.25. The lowest BCUT2D eigenvalue weighted by Gasteiger charge is -2.24. The molecule has 0 unspecified atom stereocenters. The molecule has 0 radical (unpaired) electrons. The van der Waals surface area contributed by atoms with Crippen molar-refractivity contribution in [1.82, 2.24) is 4.31 Å². The molecule has 9 heteroatoms. The fourth-order valence-electron chi connectivity index (χ4n) is 3.81. The van der Waals surface area contributed by atoms with Crippen LogP contribution in [0.15, 0.2) is 52.3 Å². The molecule has 164 valence electrons. The zero-order valence-electron chi connectivity index (χ0n) is 17.3. The summed E-state index contributed by atoms with van der Waals surface area (Å²) >= 11 is 1.50. The molecule has 0 aromatic heterocycles. The van der Waals surface area contributed by atoms with Gasteiger partial charge in [-0.05, 0) is 49.6 Å². The van der Waals surface area contributed by atoms with Crippen molar-refractivity contribution >= 4 is 45.0 Å². The Kier molecular flexibility index (Phi) is 6.36. The Balaban J connectivity index is 1.63. The van der Waals surface area contributed by atoms with Crippen LogP contribution in [0.4, 0.5) is 11.4 Å². The first-order valence-electron chi connectivity index (χ1n) is 10.3. The summed E-state index contributed by atoms with van der Waals surface area (Å²) in [6.07, 6.45) is 1.98. The summed E-state index contributed by atoms with van der Waals surface area (Å²) in [6, 6.07) is 12.3. The van der Waals surface area contributed by atoms with Gasteiger partial charge < -0.3 is 10.2 Å². The maximum absolute atomic E-state index is 13.0. The minimum Gasteiger partial charge on any atom is -0.324 e. The molecule has 0 saturated carbocycles. The van der Waals surface area contributed by atoms with Crippen molar-refractivity contribution in [2.75, 3.05) is 35.6 Å². The molecule has 2 aromatic carbocycles. The van der Waals surface area contributed by atoms with Crippen molar-refractivity contribution in [3.05, 3.63) is 48.0 Å². The number of nitrogens with one attached hydrogen (secondary N) is 1. The largest absolute Gasteiger partial charge is 0.324 e. The molecule has 31 heavy (non-hydrogen) atoms. The van der Waals surface area contributed by atoms with Crippen LogP contribution in [0, 0.1) is 6.92 Å². The first kappa shape index (κ1) is 21.9. The number of carbonyl (C=O) groups is 2. The lowest BCUT2D eigenvalue weighted by atomic mass is 10.2. The Morgan fingerprint density at radius 1 is 1.13 bits per heavy atom. The lowest BCUT2D eigenvalue weighted by Crippen LogP contribution is -2.38. The Morgan fingerprint density at radius 3 is 2.61 bits per heavy atom. The minimum atomic E-state index is -3.62. The predicted octanol–water partition coefficient (Wildman–Crippen LogP) is 3.25. The molecule has 7 nitrogen and oxygen atoms in total. The number of rotatable bonds is 5. The normalized spacial score (nSPS) is 17.3. The smallest absolute Gasteiger partial charge is 0.244 e. The Morgan fingerprint density at radius 2 is 1.87 bits per heavy atom. The van der Waals surface area contributed by atoms with E-state index in [0.717, 1.165) is 23.3 Å². The second-order valence-electron chi connectivity index (χ2n) is 7.68. The van der Waals surface area contributed by atoms with Gasteiger partial charge in [0.2, 0.25) is 21.8 Å². The Bertz CT molecular complexity index is 1110. The fraction of sp³-hybridized carbons (Fsp3) is 0.364. The molecule has 2 aliphatic rings. The van der Waals surface area contributed by atoms with Crippen molar-refractivity contribution in [1.29, 1.82) is 0 Å². The number of thioether (sulfide) groups is 1. The standard InChI is InChI=1S/C22H25N3O4S2/c1-16-6-2-3-7-18(16)23-21(26)15-25-19-14-17(31(28,29)24-11-4-5-12-24)8-9-20(19)30-13-10-22(25)27/h2-3,6-9,14H,4-5,10-13,15H2,1H3,(H,23,26). The molecule has 1 N–H and O–H groups in total. The highest BCUT2D eigenvalue weighted by atomic mass is 32.2. The van der Waals surface area contributed by atoms with Crippen molar-refractivity contribution < 1.29 is 18.0 Å². The van der Waals surface area contributed by atoms with E-state index in [4.69, 9.17) is 0 Å². The maximum Gasteiger partial charge on any atom is 0.244 e. The van der Waals surface area contributed by atoms with Crippen molar-refractivity contribution in [2.24, 2.45) is 0 Å². The van der Waals surface area contributed by atoms with E-state index >= 15 is 0 Å². The number of hydrogen-bond donors (Lipinski definition) is 1. The molecule has 4 rings (SSSR count). The molecule has 2 amide bonds. The van der Waals surface area contributed by atoms with Crippen molar-refractivity contribution in [2.45, 2.75) is 36.0 Å². The van der Waals surface area contributed by atoms with Gasteiger partial charge in [0.05, 0.1) is 10.6 Å². The highest BCUT2D eigenvalue weighted by molar-refractivity contribution is 7.99. The third-order valence-corrected chi connectivity index (χ3v) is 8.48. The number of benzene rings is 2. The molecular weight excluding hydrogens is 434 g/mol. The molecule has 0 bridgehead atoms. The van der Waals surface area contributed by atoms with Crippen LogP contribution in [-0.2, 0) is 19.6 Å². The van der Waals surface area contributed by atoms with Gasteiger partial charge in [0, 0.05) is 35.8 Å². The summed E-state index contributed by atoms with van der Waals surface area (Å²) in [5.41, 5.74) is 2.09. The second kappa shape index (κ2) is 9.02. The third-order valence-electron chi connectivity index (χ3n) is 5.52. The highest BCUT2D eigenvalue weighted by Gasteiger charge is 2.30. The van der Waals surface area contributed by atoms with Crippen LogP contribution in [0.25, 0.3) is 0 Å². The molecular formula is C22H25N3O4S2. The van der Waals surface area contributed by atoms with E-state index in [2.05, 4.69) is 5.32 Å². The van der Waals surface area contributed by atoms with Crippen molar-refractivity contribution in [3.63, 3.8) is 0 Å². The first-order chi connectivity index (χ1) is 14.9. The first-order valence-corrected chi connectivity index (χ1v) is 12.7. The zero-order chi connectivity index (χ0) is 22.0. The molecule has 0 aliphatic carbocycles. The number of carbonyl (C=O) groups excluding carboxylic acids is 2. The average molecular weight is 460 g/mol. The summed E-state index contributed by atoms with van der Waals surface area (Å²) in [5.74, 6) is 0.0650. The van der Waals surface area contributed by atoms with Crippen molar-refractivity contribution in [3.8, 4) is 0 Å². The van der Waals surface area contributed by atoms with Crippen LogP contribution in [0.1, 0.15) is 24.8 Å². The van der Waals surface area contributed by atoms with E-state index in [-0.39, 0.29) is 29.7 Å². The van der Waals surface area contributed by atoms with E-state index in [9.17, 15) is 18.0 Å². The van der Waals surface area contributed by atoms with Gasteiger partial charge in [-0.3, -0.25) is 9.59 Å². The molecule has 0 spiro atoms. The van der Waals surface area contributed by atoms with Gasteiger partial charge >= 0.3 is 0 Å². The van der Waals surface area contributed by atoms with E-state index in [1.165, 1.54) is 21.0 Å². The maximum atomic E-state index is 13.0. The van der Waals surface area contributed by atoms with Gasteiger partial charge in [-0.15, -0.1) is 11.8 Å². The fourth-order valence-corrected chi connectivity index (χ4v) is 6.32. The number of amides is 2. The summed E-state index contributed by atoms with van der Waals surface area (Å²) < 4.78 is 27.5. The van der Waals surface area contributed by atoms with E-state index in [1.54, 1.807) is 18.2 Å². The Hall–Kier alpha value is -2.36. The quantitative estimate of drug-likeness (QED) is 0.742. The Labute approximate surface area is 186 Å². The number of hydrogen-bond acceptors (Lipinski definition) is 5. The number of para-hydroxylation sites is 1. The number of nitrogens with zero attached hydrogens (tertiary/aromatic N) is 2. The van der Waals surface area contributed by atoms with Crippen LogP contribution in [0.2, 0.25) is 0 Å². The zero-order valence-corrected chi connectivity index (χ0v) is 19.0. The van der Waals surface area contributed by atoms with Crippen LogP contribution >= 0.6 is 11.8 Å². The van der Waals surface area contributed by atoms with E-state index < -0.39 is 10.0 Å². The van der Waals surface area contributed by atoms with Gasteiger partial charge in [-0.2, -0.15) is 4.31 Å². The minimum absolute atomic E-state index is 0.160. The topological polar surface area (TPSA) is 86.8 Å². The molecule has 2 heterocycles. The van der Waals surface area contributed by atoms with Crippen LogP contribution in [0.3, 0.4) is 0 Å². The predicted molar refractivity (Wildman–Crippen MR) is 122 cm³/mol. The van der Waals surface area contributed by atoms with Crippen LogP contribution in [0.5, 0.6) is 0 Å². The van der Waals surface area contributed by atoms with E-state index in [1.807, 2.05) is 31.2 Å². The highest BCUT2D eigenvalue weighted by Crippen LogP contribution is 2.37. The number of sulfonamides is 1. The number of aryl methyl sites for hydroxylation is 1. The summed E-state index contributed by atoms with van der Waals surface area (Å²) in [6.45, 7) is 2.74. The molecule has 0 atom stereocenters. The monoisotopic (exact) mass is 459 g/mol. The number of fused-ring (bicyclic) bond motifs is 1. The van der Waals surface area contributed by atoms with Gasteiger partial charge in [0.1, 0.15) is 6.54 Å². The summed E-state index contributed by atoms with van der Waals surface area (Å²) in [7, 11) is -3.62. The summed E-state index contributed by atoms with van der Waals surface area (Å²) in [4.78, 5) is 27.9. The lowest BCUT2D eigenvalue weighted by molar-refractivity contribution is -0.121.